The molecule has 0 aromatic heterocycles. The number of amides is 1. The normalized spacial score (nSPS) is 11.9. The smallest absolute Gasteiger partial charge is 0.328 e. The summed E-state index contributed by atoms with van der Waals surface area (Å²) >= 11 is 0. The largest absolute Gasteiger partial charge is 0.467 e. The molecule has 0 aromatic rings. The molecule has 0 saturated heterocycles. The molecule has 0 unspecified atom stereocenters. The maximum atomic E-state index is 11.6. The van der Waals surface area contributed by atoms with Gasteiger partial charge in [0.2, 0.25) is 5.91 Å². The molecule has 0 saturated carbocycles. The Bertz CT molecular complexity index is 269. The van der Waals surface area contributed by atoms with Crippen LogP contribution < -0.4 is 5.32 Å². The van der Waals surface area contributed by atoms with Gasteiger partial charge in [0.05, 0.1) is 7.11 Å². The Labute approximate surface area is 122 Å². The zero-order valence-corrected chi connectivity index (χ0v) is 13.1. The predicted molar refractivity (Wildman–Crippen MR) is 78.4 cm³/mol. The Morgan fingerprint density at radius 2 is 1.70 bits per heavy atom. The van der Waals surface area contributed by atoms with Gasteiger partial charge in [-0.25, -0.2) is 4.79 Å². The molecule has 0 bridgehead atoms. The monoisotopic (exact) mass is 287 g/mol. The van der Waals surface area contributed by atoms with Crippen LogP contribution in [0.15, 0.2) is 0 Å². The molecule has 1 amide bonds. The summed E-state index contributed by atoms with van der Waals surface area (Å²) in [7, 11) is 1.34. The fraction of sp³-hybridized carbons (Fsp3) is 0.867. The average molecular weight is 287 g/mol. The highest BCUT2D eigenvalue weighted by atomic mass is 16.5. The van der Waals surface area contributed by atoms with Crippen molar-refractivity contribution in [2.24, 2.45) is 0 Å². The van der Waals surface area contributed by atoms with Gasteiger partial charge in [-0.15, -0.1) is 0 Å². The van der Waals surface area contributed by atoms with E-state index in [0.29, 0.717) is 13.0 Å². The molecule has 0 radical (unpaired) electrons. The molecule has 0 fully saturated rings. The molecule has 0 aliphatic rings. The highest BCUT2D eigenvalue weighted by molar-refractivity contribution is 5.84. The fourth-order valence-electron chi connectivity index (χ4n) is 1.95. The molecular formula is C15H29NO4. The van der Waals surface area contributed by atoms with Crippen LogP contribution in [-0.2, 0) is 19.1 Å². The summed E-state index contributed by atoms with van der Waals surface area (Å²) in [6, 6.07) is -0.556. The SMILES string of the molecule is CCCCCCCC[C@H](NC(=O)COCC)C(=O)OC. The van der Waals surface area contributed by atoms with Gasteiger partial charge in [0, 0.05) is 6.61 Å². The first-order valence-electron chi connectivity index (χ1n) is 7.60. The van der Waals surface area contributed by atoms with Crippen LogP contribution in [-0.4, -0.2) is 38.2 Å². The molecule has 0 rings (SSSR count). The van der Waals surface area contributed by atoms with Crippen molar-refractivity contribution in [2.45, 2.75) is 64.8 Å². The van der Waals surface area contributed by atoms with Crippen LogP contribution in [0.5, 0.6) is 0 Å². The molecule has 0 aliphatic carbocycles. The third-order valence-corrected chi connectivity index (χ3v) is 3.10. The van der Waals surface area contributed by atoms with Crippen molar-refractivity contribution in [1.29, 1.82) is 0 Å². The topological polar surface area (TPSA) is 64.6 Å². The molecule has 20 heavy (non-hydrogen) atoms. The molecule has 118 valence electrons. The minimum Gasteiger partial charge on any atom is -0.467 e. The number of hydrogen-bond acceptors (Lipinski definition) is 4. The highest BCUT2D eigenvalue weighted by Crippen LogP contribution is 2.09. The number of carbonyl (C=O) groups excluding carboxylic acids is 2. The number of hydrogen-bond donors (Lipinski definition) is 1. The van der Waals surface area contributed by atoms with Crippen LogP contribution in [0, 0.1) is 0 Å². The van der Waals surface area contributed by atoms with Crippen LogP contribution in [0.3, 0.4) is 0 Å². The first-order chi connectivity index (χ1) is 9.65. The van der Waals surface area contributed by atoms with Crippen LogP contribution in [0.1, 0.15) is 58.8 Å². The van der Waals surface area contributed by atoms with E-state index in [2.05, 4.69) is 12.2 Å². The van der Waals surface area contributed by atoms with Gasteiger partial charge in [-0.1, -0.05) is 45.4 Å². The van der Waals surface area contributed by atoms with Gasteiger partial charge in [0.1, 0.15) is 12.6 Å². The number of nitrogens with one attached hydrogen (secondary N) is 1. The van der Waals surface area contributed by atoms with E-state index in [9.17, 15) is 9.59 Å². The number of carbonyl (C=O) groups is 2. The summed E-state index contributed by atoms with van der Waals surface area (Å²) in [6.07, 6.45) is 7.50. The molecule has 0 spiro atoms. The second-order valence-corrected chi connectivity index (χ2v) is 4.84. The van der Waals surface area contributed by atoms with Gasteiger partial charge >= 0.3 is 5.97 Å². The quantitative estimate of drug-likeness (QED) is 0.442. The molecule has 0 aromatic carbocycles. The lowest BCUT2D eigenvalue weighted by atomic mass is 10.1. The van der Waals surface area contributed by atoms with Crippen LogP contribution in [0.25, 0.3) is 0 Å². The molecule has 5 heteroatoms. The summed E-state index contributed by atoms with van der Waals surface area (Å²) in [5.74, 6) is -0.656. The fourth-order valence-corrected chi connectivity index (χ4v) is 1.95. The van der Waals surface area contributed by atoms with E-state index in [0.717, 1.165) is 12.8 Å². The maximum absolute atomic E-state index is 11.6. The van der Waals surface area contributed by atoms with Crippen LogP contribution in [0.4, 0.5) is 0 Å². The van der Waals surface area contributed by atoms with Crippen LogP contribution in [0.2, 0.25) is 0 Å². The Balaban J connectivity index is 3.96. The van der Waals surface area contributed by atoms with Crippen molar-refractivity contribution < 1.29 is 19.1 Å². The lowest BCUT2D eigenvalue weighted by molar-refractivity contribution is -0.145. The zero-order chi connectivity index (χ0) is 15.2. The Hall–Kier alpha value is -1.10. The van der Waals surface area contributed by atoms with E-state index in [-0.39, 0.29) is 18.5 Å². The minimum absolute atomic E-state index is 0.0134. The number of unbranched alkanes of at least 4 members (excludes halogenated alkanes) is 5. The van der Waals surface area contributed by atoms with E-state index < -0.39 is 6.04 Å². The Morgan fingerprint density at radius 3 is 2.30 bits per heavy atom. The lowest BCUT2D eigenvalue weighted by Crippen LogP contribution is -2.43. The second-order valence-electron chi connectivity index (χ2n) is 4.84. The van der Waals surface area contributed by atoms with Gasteiger partial charge in [-0.3, -0.25) is 4.79 Å². The molecular weight excluding hydrogens is 258 g/mol. The summed E-state index contributed by atoms with van der Waals surface area (Å²) in [5, 5.41) is 2.67. The summed E-state index contributed by atoms with van der Waals surface area (Å²) < 4.78 is 9.73. The van der Waals surface area contributed by atoms with E-state index in [1.807, 2.05) is 6.92 Å². The first-order valence-corrected chi connectivity index (χ1v) is 7.60. The standard InChI is InChI=1S/C15H29NO4/c1-4-6-7-8-9-10-11-13(15(18)19-3)16-14(17)12-20-5-2/h13H,4-12H2,1-3H3,(H,16,17)/t13-/m0/s1. The van der Waals surface area contributed by atoms with Gasteiger partial charge in [-0.2, -0.15) is 0 Å². The Morgan fingerprint density at radius 1 is 1.05 bits per heavy atom. The van der Waals surface area contributed by atoms with E-state index >= 15 is 0 Å². The average Bonchev–Trinajstić information content (AvgIpc) is 2.46. The highest BCUT2D eigenvalue weighted by Gasteiger charge is 2.20. The van der Waals surface area contributed by atoms with E-state index in [1.165, 1.54) is 32.8 Å². The van der Waals surface area contributed by atoms with Crippen molar-refractivity contribution in [3.8, 4) is 0 Å². The molecule has 1 atom stereocenters. The summed E-state index contributed by atoms with van der Waals surface area (Å²) in [4.78, 5) is 23.2. The van der Waals surface area contributed by atoms with Crippen molar-refractivity contribution >= 4 is 11.9 Å². The predicted octanol–water partition coefficient (Wildman–Crippen LogP) is 2.43. The molecule has 0 aliphatic heterocycles. The van der Waals surface area contributed by atoms with Gasteiger partial charge in [0.25, 0.3) is 0 Å². The van der Waals surface area contributed by atoms with Gasteiger partial charge in [-0.05, 0) is 13.3 Å². The van der Waals surface area contributed by atoms with E-state index in [1.54, 1.807) is 0 Å². The summed E-state index contributed by atoms with van der Waals surface area (Å²) in [6.45, 7) is 4.47. The lowest BCUT2D eigenvalue weighted by Gasteiger charge is -2.16. The summed E-state index contributed by atoms with van der Waals surface area (Å²) in [5.41, 5.74) is 0. The second kappa shape index (κ2) is 12.9. The third kappa shape index (κ3) is 9.78. The van der Waals surface area contributed by atoms with Crippen molar-refractivity contribution in [3.63, 3.8) is 0 Å². The Kier molecular flexibility index (Phi) is 12.2. The first kappa shape index (κ1) is 18.9. The molecule has 0 heterocycles. The number of methoxy groups -OCH3 is 1. The van der Waals surface area contributed by atoms with Crippen molar-refractivity contribution in [1.82, 2.24) is 5.32 Å². The van der Waals surface area contributed by atoms with Crippen LogP contribution >= 0.6 is 0 Å². The van der Waals surface area contributed by atoms with Crippen molar-refractivity contribution in [3.05, 3.63) is 0 Å². The number of ether oxygens (including phenoxy) is 2. The third-order valence-electron chi connectivity index (χ3n) is 3.10. The number of rotatable bonds is 12. The van der Waals surface area contributed by atoms with E-state index in [4.69, 9.17) is 9.47 Å². The molecule has 1 N–H and O–H groups in total. The minimum atomic E-state index is -0.556. The number of esters is 1. The van der Waals surface area contributed by atoms with Gasteiger partial charge < -0.3 is 14.8 Å². The van der Waals surface area contributed by atoms with Gasteiger partial charge in [0.15, 0.2) is 0 Å². The maximum Gasteiger partial charge on any atom is 0.328 e. The van der Waals surface area contributed by atoms with Crippen molar-refractivity contribution in [2.75, 3.05) is 20.3 Å². The zero-order valence-electron chi connectivity index (χ0n) is 13.1. The molecule has 5 nitrogen and oxygen atoms in total.